The van der Waals surface area contributed by atoms with E-state index >= 15 is 0 Å². The molecule has 1 saturated carbocycles. The summed E-state index contributed by atoms with van der Waals surface area (Å²) in [5, 5.41) is 14.5. The van der Waals surface area contributed by atoms with Gasteiger partial charge in [0.25, 0.3) is 0 Å². The third kappa shape index (κ3) is 6.20. The number of methoxy groups -OCH3 is 2. The van der Waals surface area contributed by atoms with Crippen molar-refractivity contribution in [2.24, 2.45) is 5.92 Å². The first-order valence-corrected chi connectivity index (χ1v) is 12.8. The number of fused-ring (bicyclic) bond motifs is 1. The summed E-state index contributed by atoms with van der Waals surface area (Å²) in [5.74, 6) is 4.27. The summed E-state index contributed by atoms with van der Waals surface area (Å²) in [6.07, 6.45) is 5.66. The highest BCUT2D eigenvalue weighted by atomic mass is 16.5. The number of anilines is 3. The smallest absolute Gasteiger partial charge is 0.227 e. The number of nitrogens with zero attached hydrogens (tertiary/aromatic N) is 3. The molecule has 2 aromatic carbocycles. The number of benzene rings is 2. The van der Waals surface area contributed by atoms with Crippen molar-refractivity contribution in [3.63, 3.8) is 0 Å². The third-order valence-corrected chi connectivity index (χ3v) is 6.59. The average Bonchev–Trinajstić information content (AvgIpc) is 3.76. The van der Waals surface area contributed by atoms with Crippen LogP contribution in [0.5, 0.6) is 11.5 Å². The molecule has 2 aromatic heterocycles. The SMILES string of the molecule is COc1ccc(NC(=O)C2CC2)cc1.COc1cnc(C2CCOCC2)nc1Nc1n[nH]c2ccccc12. The summed E-state index contributed by atoms with van der Waals surface area (Å²) in [7, 11) is 3.23. The maximum atomic E-state index is 11.4. The molecule has 1 amide bonds. The summed E-state index contributed by atoms with van der Waals surface area (Å²) in [6.45, 7) is 1.51. The highest BCUT2D eigenvalue weighted by Crippen LogP contribution is 2.32. The fourth-order valence-corrected chi connectivity index (χ4v) is 4.21. The van der Waals surface area contributed by atoms with Crippen molar-refractivity contribution >= 4 is 34.1 Å². The molecule has 3 N–H and O–H groups in total. The number of ether oxygens (including phenoxy) is 3. The first-order chi connectivity index (χ1) is 18.6. The molecule has 198 valence electrons. The molecule has 10 heteroatoms. The standard InChI is InChI=1S/C17H19N5O2.C11H13NO2/c1-23-14-10-18-15(11-6-8-24-9-7-11)19-17(14)20-16-12-4-2-3-5-13(12)21-22-16;1-14-10-6-4-9(5-7-10)12-11(13)8-2-3-8/h2-5,10-11H,6-9H2,1H3,(H2,18,19,20,21,22);4-8H,2-3H2,1H3,(H,12,13). The van der Waals surface area contributed by atoms with Crippen LogP contribution in [0.25, 0.3) is 10.9 Å². The van der Waals surface area contributed by atoms with E-state index in [1.165, 1.54) is 0 Å². The number of para-hydroxylation sites is 1. The lowest BCUT2D eigenvalue weighted by Gasteiger charge is -2.21. The number of carbonyl (C=O) groups excluding carboxylic acids is 1. The van der Waals surface area contributed by atoms with E-state index in [-0.39, 0.29) is 11.8 Å². The number of nitrogens with one attached hydrogen (secondary N) is 3. The highest BCUT2D eigenvalue weighted by Gasteiger charge is 2.29. The molecule has 38 heavy (non-hydrogen) atoms. The van der Waals surface area contributed by atoms with Gasteiger partial charge in [-0.2, -0.15) is 5.10 Å². The van der Waals surface area contributed by atoms with Crippen LogP contribution in [0.3, 0.4) is 0 Å². The van der Waals surface area contributed by atoms with Gasteiger partial charge < -0.3 is 24.8 Å². The van der Waals surface area contributed by atoms with Crippen LogP contribution in [0.2, 0.25) is 0 Å². The first kappa shape index (κ1) is 25.5. The van der Waals surface area contributed by atoms with Crippen LogP contribution in [-0.2, 0) is 9.53 Å². The van der Waals surface area contributed by atoms with E-state index < -0.39 is 0 Å². The number of hydrogen-bond acceptors (Lipinski definition) is 8. The van der Waals surface area contributed by atoms with Gasteiger partial charge in [0, 0.05) is 36.1 Å². The van der Waals surface area contributed by atoms with Crippen LogP contribution in [0.15, 0.2) is 54.7 Å². The molecule has 0 spiro atoms. The fraction of sp³-hybridized carbons (Fsp3) is 0.357. The van der Waals surface area contributed by atoms with Crippen molar-refractivity contribution in [2.45, 2.75) is 31.6 Å². The second kappa shape index (κ2) is 11.9. The second-order valence-electron chi connectivity index (χ2n) is 9.27. The molecule has 2 aliphatic rings. The number of hydrogen-bond donors (Lipinski definition) is 3. The van der Waals surface area contributed by atoms with E-state index in [1.54, 1.807) is 20.4 Å². The predicted molar refractivity (Wildman–Crippen MR) is 145 cm³/mol. The van der Waals surface area contributed by atoms with Crippen molar-refractivity contribution in [1.82, 2.24) is 20.2 Å². The summed E-state index contributed by atoms with van der Waals surface area (Å²) < 4.78 is 15.8. The summed E-state index contributed by atoms with van der Waals surface area (Å²) in [5.41, 5.74) is 1.81. The first-order valence-electron chi connectivity index (χ1n) is 12.8. The second-order valence-corrected chi connectivity index (χ2v) is 9.27. The van der Waals surface area contributed by atoms with Crippen molar-refractivity contribution < 1.29 is 19.0 Å². The lowest BCUT2D eigenvalue weighted by molar-refractivity contribution is -0.117. The number of amides is 1. The van der Waals surface area contributed by atoms with Crippen LogP contribution in [-0.4, -0.2) is 53.5 Å². The minimum atomic E-state index is 0.134. The molecule has 10 nitrogen and oxygen atoms in total. The summed E-state index contributed by atoms with van der Waals surface area (Å²) >= 11 is 0. The van der Waals surface area contributed by atoms with Gasteiger partial charge >= 0.3 is 0 Å². The third-order valence-electron chi connectivity index (χ3n) is 6.59. The predicted octanol–water partition coefficient (Wildman–Crippen LogP) is 5.04. The van der Waals surface area contributed by atoms with Crippen LogP contribution in [0.4, 0.5) is 17.3 Å². The summed E-state index contributed by atoms with van der Waals surface area (Å²) in [4.78, 5) is 20.5. The van der Waals surface area contributed by atoms with Gasteiger partial charge in [-0.3, -0.25) is 9.89 Å². The zero-order valence-corrected chi connectivity index (χ0v) is 21.6. The van der Waals surface area contributed by atoms with E-state index in [4.69, 9.17) is 19.2 Å². The van der Waals surface area contributed by atoms with Gasteiger partial charge in [0.2, 0.25) is 5.91 Å². The maximum absolute atomic E-state index is 11.4. The van der Waals surface area contributed by atoms with Gasteiger partial charge in [-0.05, 0) is 62.1 Å². The Morgan fingerprint density at radius 1 is 0.974 bits per heavy atom. The van der Waals surface area contributed by atoms with Gasteiger partial charge in [0.1, 0.15) is 11.6 Å². The normalized spacial score (nSPS) is 15.3. The Hall–Kier alpha value is -4.18. The molecule has 1 saturated heterocycles. The largest absolute Gasteiger partial charge is 0.497 e. The number of rotatable bonds is 7. The summed E-state index contributed by atoms with van der Waals surface area (Å²) in [6, 6.07) is 15.3. The molecule has 6 rings (SSSR count). The molecule has 2 fully saturated rings. The van der Waals surface area contributed by atoms with Crippen molar-refractivity contribution in [3.05, 3.63) is 60.6 Å². The topological polar surface area (TPSA) is 123 Å². The van der Waals surface area contributed by atoms with Gasteiger partial charge in [0.05, 0.1) is 25.9 Å². The number of aromatic nitrogens is 4. The minimum Gasteiger partial charge on any atom is -0.497 e. The molecule has 3 heterocycles. The van der Waals surface area contributed by atoms with Gasteiger partial charge in [-0.25, -0.2) is 9.97 Å². The molecule has 4 aromatic rings. The van der Waals surface area contributed by atoms with Crippen LogP contribution in [0, 0.1) is 5.92 Å². The van der Waals surface area contributed by atoms with Gasteiger partial charge in [-0.15, -0.1) is 0 Å². The van der Waals surface area contributed by atoms with E-state index in [2.05, 4.69) is 25.8 Å². The number of H-pyrrole nitrogens is 1. The van der Waals surface area contributed by atoms with Gasteiger partial charge in [0.15, 0.2) is 17.4 Å². The average molecular weight is 517 g/mol. The molecule has 1 aliphatic carbocycles. The van der Waals surface area contributed by atoms with Crippen molar-refractivity contribution in [3.8, 4) is 11.5 Å². The molecule has 1 aliphatic heterocycles. The Morgan fingerprint density at radius 2 is 1.74 bits per heavy atom. The Labute approximate surface area is 221 Å². The van der Waals surface area contributed by atoms with Crippen LogP contribution >= 0.6 is 0 Å². The Bertz CT molecular complexity index is 1360. The van der Waals surface area contributed by atoms with E-state index in [1.807, 2.05) is 48.5 Å². The van der Waals surface area contributed by atoms with E-state index in [0.717, 1.165) is 72.9 Å². The molecule has 0 radical (unpaired) electrons. The van der Waals surface area contributed by atoms with Crippen molar-refractivity contribution in [2.75, 3.05) is 38.1 Å². The zero-order chi connectivity index (χ0) is 26.3. The number of carbonyl (C=O) groups is 1. The van der Waals surface area contributed by atoms with E-state index in [9.17, 15) is 4.79 Å². The van der Waals surface area contributed by atoms with Crippen molar-refractivity contribution in [1.29, 1.82) is 0 Å². The monoisotopic (exact) mass is 516 g/mol. The molecular weight excluding hydrogens is 484 g/mol. The minimum absolute atomic E-state index is 0.134. The molecule has 0 atom stereocenters. The zero-order valence-electron chi connectivity index (χ0n) is 21.6. The molecular formula is C28H32N6O4. The highest BCUT2D eigenvalue weighted by molar-refractivity contribution is 5.94. The van der Waals surface area contributed by atoms with Gasteiger partial charge in [-0.1, -0.05) is 12.1 Å². The molecule has 0 bridgehead atoms. The fourth-order valence-electron chi connectivity index (χ4n) is 4.21. The Morgan fingerprint density at radius 3 is 2.45 bits per heavy atom. The molecule has 0 unspecified atom stereocenters. The van der Waals surface area contributed by atoms with E-state index in [0.29, 0.717) is 17.5 Å². The lowest BCUT2D eigenvalue weighted by atomic mass is 9.99. The maximum Gasteiger partial charge on any atom is 0.227 e. The number of aromatic amines is 1. The Balaban J connectivity index is 0.000000179. The Kier molecular flexibility index (Phi) is 7.98. The van der Waals surface area contributed by atoms with Crippen LogP contribution in [0.1, 0.15) is 37.4 Å². The lowest BCUT2D eigenvalue weighted by Crippen LogP contribution is -2.17. The quantitative estimate of drug-likeness (QED) is 0.312. The van der Waals surface area contributed by atoms with Crippen LogP contribution < -0.4 is 20.1 Å².